The van der Waals surface area contributed by atoms with Gasteiger partial charge in [-0.15, -0.1) is 0 Å². The number of nitrogens with one attached hydrogen (secondary N) is 1. The molecule has 0 spiro atoms. The Morgan fingerprint density at radius 3 is 2.37 bits per heavy atom. The van der Waals surface area contributed by atoms with Gasteiger partial charge in [-0.25, -0.2) is 13.2 Å². The van der Waals surface area contributed by atoms with Crippen LogP contribution in [0.3, 0.4) is 0 Å². The SMILES string of the molecule is CC(C)CN(C[C@@H](O)[C@H](Cc1ccccc1)NC(=O)O[C@H]1CO[C@H]2OCC[C@H]21)S(=O)(=O)c1ccc(-c2noc(COCc3ccccc3)n2)cc1. The monoisotopic (exact) mass is 720 g/mol. The molecule has 2 aliphatic heterocycles. The summed E-state index contributed by atoms with van der Waals surface area (Å²) in [5.74, 6) is 0.495. The van der Waals surface area contributed by atoms with E-state index >= 15 is 0 Å². The van der Waals surface area contributed by atoms with Crippen LogP contribution in [-0.2, 0) is 48.6 Å². The van der Waals surface area contributed by atoms with Crippen LogP contribution in [0.4, 0.5) is 4.79 Å². The number of hydrogen-bond donors (Lipinski definition) is 2. The van der Waals surface area contributed by atoms with E-state index in [9.17, 15) is 18.3 Å². The van der Waals surface area contributed by atoms with Crippen molar-refractivity contribution in [2.24, 2.45) is 11.8 Å². The van der Waals surface area contributed by atoms with Crippen LogP contribution in [-0.4, -0.2) is 84.9 Å². The molecule has 0 saturated carbocycles. The summed E-state index contributed by atoms with van der Waals surface area (Å²) in [5.41, 5.74) is 2.44. The predicted molar refractivity (Wildman–Crippen MR) is 185 cm³/mol. The molecule has 2 aliphatic rings. The number of carbonyl (C=O) groups is 1. The van der Waals surface area contributed by atoms with E-state index in [1.54, 1.807) is 12.1 Å². The number of aliphatic hydroxyl groups is 1. The first-order chi connectivity index (χ1) is 24.7. The fourth-order valence-corrected chi connectivity index (χ4v) is 7.84. The van der Waals surface area contributed by atoms with Gasteiger partial charge in [0.15, 0.2) is 6.29 Å². The summed E-state index contributed by atoms with van der Waals surface area (Å²) in [7, 11) is -4.07. The lowest BCUT2D eigenvalue weighted by atomic mass is 10.0. The quantitative estimate of drug-likeness (QED) is 0.167. The zero-order valence-corrected chi connectivity index (χ0v) is 29.5. The maximum Gasteiger partial charge on any atom is 0.407 e. The number of hydrogen-bond acceptors (Lipinski definition) is 11. The maximum atomic E-state index is 14.0. The number of ether oxygens (including phenoxy) is 4. The molecule has 13 nitrogen and oxygen atoms in total. The molecule has 51 heavy (non-hydrogen) atoms. The normalized spacial score (nSPS) is 20.0. The van der Waals surface area contributed by atoms with E-state index in [-0.39, 0.29) is 55.7 Å². The minimum absolute atomic E-state index is 0.0376. The number of aromatic nitrogens is 2. The summed E-state index contributed by atoms with van der Waals surface area (Å²) in [4.78, 5) is 17.6. The zero-order valence-electron chi connectivity index (χ0n) is 28.7. The smallest absolute Gasteiger partial charge is 0.407 e. The molecule has 2 N–H and O–H groups in total. The van der Waals surface area contributed by atoms with Gasteiger partial charge in [-0.1, -0.05) is 79.7 Å². The molecule has 14 heteroatoms. The molecule has 1 amide bonds. The minimum atomic E-state index is -4.07. The van der Waals surface area contributed by atoms with Crippen molar-refractivity contribution in [3.05, 3.63) is 102 Å². The van der Waals surface area contributed by atoms with Gasteiger partial charge >= 0.3 is 6.09 Å². The second-order valence-corrected chi connectivity index (χ2v) is 15.1. The lowest BCUT2D eigenvalue weighted by molar-refractivity contribution is -0.0907. The Labute approximate surface area is 297 Å². The highest BCUT2D eigenvalue weighted by atomic mass is 32.2. The first-order valence-corrected chi connectivity index (χ1v) is 18.6. The van der Waals surface area contributed by atoms with Crippen LogP contribution in [0.25, 0.3) is 11.4 Å². The van der Waals surface area contributed by atoms with Crippen LogP contribution in [0.1, 0.15) is 37.3 Å². The topological polar surface area (TPSA) is 163 Å². The van der Waals surface area contributed by atoms with Gasteiger partial charge in [0.2, 0.25) is 15.8 Å². The first kappa shape index (κ1) is 36.6. The number of rotatable bonds is 16. The molecule has 0 unspecified atom stereocenters. The standard InChI is InChI=1S/C37H44N4O9S/c1-25(2)20-41(21-32(42)31(19-26-9-5-3-6-10-26)38-37(43)49-33-23-48-36-30(33)17-18-47-36)51(44,45)29-15-13-28(14-16-29)35-39-34(50-40-35)24-46-22-27-11-7-4-8-12-27/h3-16,25,30-33,36,42H,17-24H2,1-2H3,(H,38,43)/t30-,31-,32+,33-,36+/m0/s1. The Morgan fingerprint density at radius 1 is 0.961 bits per heavy atom. The zero-order chi connectivity index (χ0) is 35.8. The highest BCUT2D eigenvalue weighted by Crippen LogP contribution is 2.33. The maximum absolute atomic E-state index is 14.0. The second kappa shape index (κ2) is 16.9. The number of amides is 1. The molecule has 1 aromatic heterocycles. The van der Waals surface area contributed by atoms with Gasteiger partial charge in [0, 0.05) is 18.7 Å². The van der Waals surface area contributed by atoms with Crippen LogP contribution < -0.4 is 5.32 Å². The van der Waals surface area contributed by atoms with E-state index in [0.717, 1.165) is 17.5 Å². The highest BCUT2D eigenvalue weighted by Gasteiger charge is 2.44. The van der Waals surface area contributed by atoms with E-state index in [2.05, 4.69) is 15.5 Å². The summed E-state index contributed by atoms with van der Waals surface area (Å²) in [6, 6.07) is 24.4. The number of nitrogens with zero attached hydrogens (tertiary/aromatic N) is 3. The van der Waals surface area contributed by atoms with E-state index in [0.29, 0.717) is 30.5 Å². The Kier molecular flexibility index (Phi) is 12.1. The van der Waals surface area contributed by atoms with Crippen LogP contribution in [0.2, 0.25) is 0 Å². The van der Waals surface area contributed by atoms with Crippen molar-refractivity contribution in [2.45, 2.75) is 69.3 Å². The Morgan fingerprint density at radius 2 is 1.67 bits per heavy atom. The van der Waals surface area contributed by atoms with Gasteiger partial charge in [0.25, 0.3) is 5.89 Å². The molecule has 2 fully saturated rings. The summed E-state index contributed by atoms with van der Waals surface area (Å²) >= 11 is 0. The molecule has 0 radical (unpaired) electrons. The van der Waals surface area contributed by atoms with Gasteiger partial charge in [-0.05, 0) is 54.2 Å². The summed E-state index contributed by atoms with van der Waals surface area (Å²) in [6.07, 6.45) is -1.86. The Balaban J connectivity index is 1.12. The molecule has 0 bridgehead atoms. The van der Waals surface area contributed by atoms with Crippen molar-refractivity contribution in [3.63, 3.8) is 0 Å². The number of alkyl carbamates (subject to hydrolysis) is 1. The van der Waals surface area contributed by atoms with Gasteiger partial charge in [0.05, 0.1) is 42.8 Å². The summed E-state index contributed by atoms with van der Waals surface area (Å²) in [5, 5.41) is 18.4. The fraction of sp³-hybridized carbons (Fsp3) is 0.432. The van der Waals surface area contributed by atoms with Crippen LogP contribution in [0.15, 0.2) is 94.3 Å². The number of aliphatic hydroxyl groups excluding tert-OH is 1. The van der Waals surface area contributed by atoms with Crippen LogP contribution in [0, 0.1) is 11.8 Å². The molecule has 2 saturated heterocycles. The largest absolute Gasteiger partial charge is 0.443 e. The minimum Gasteiger partial charge on any atom is -0.443 e. The number of sulfonamides is 1. The van der Waals surface area contributed by atoms with E-state index in [4.69, 9.17) is 23.5 Å². The van der Waals surface area contributed by atoms with Gasteiger partial charge < -0.3 is 33.9 Å². The highest BCUT2D eigenvalue weighted by molar-refractivity contribution is 7.89. The van der Waals surface area contributed by atoms with Gasteiger partial charge in [-0.2, -0.15) is 9.29 Å². The summed E-state index contributed by atoms with van der Waals surface area (Å²) in [6.45, 7) is 4.97. The van der Waals surface area contributed by atoms with Crippen molar-refractivity contribution in [1.82, 2.24) is 19.8 Å². The molecule has 3 aromatic carbocycles. The molecule has 272 valence electrons. The van der Waals surface area contributed by atoms with Crippen LogP contribution in [0.5, 0.6) is 0 Å². The Bertz CT molecular complexity index is 1810. The van der Waals surface area contributed by atoms with Gasteiger partial charge in [0.1, 0.15) is 12.7 Å². The fourth-order valence-electron chi connectivity index (χ4n) is 6.22. The lowest BCUT2D eigenvalue weighted by Gasteiger charge is -2.31. The third kappa shape index (κ3) is 9.58. The summed E-state index contributed by atoms with van der Waals surface area (Å²) < 4.78 is 57.2. The molecular weight excluding hydrogens is 676 g/mol. The van der Waals surface area contributed by atoms with Crippen molar-refractivity contribution >= 4 is 16.1 Å². The molecule has 0 aliphatic carbocycles. The lowest BCUT2D eigenvalue weighted by Crippen LogP contribution is -2.51. The average Bonchev–Trinajstić information content (AvgIpc) is 3.88. The van der Waals surface area contributed by atoms with Crippen molar-refractivity contribution in [2.75, 3.05) is 26.3 Å². The third-order valence-electron chi connectivity index (χ3n) is 8.82. The second-order valence-electron chi connectivity index (χ2n) is 13.2. The molecule has 4 aromatic rings. The predicted octanol–water partition coefficient (Wildman–Crippen LogP) is 4.56. The van der Waals surface area contributed by atoms with E-state index in [1.807, 2.05) is 74.5 Å². The van der Waals surface area contributed by atoms with Crippen LogP contribution >= 0.6 is 0 Å². The number of fused-ring (bicyclic) bond motifs is 1. The Hall–Kier alpha value is -4.18. The molecule has 6 rings (SSSR count). The van der Waals surface area contributed by atoms with Gasteiger partial charge in [-0.3, -0.25) is 0 Å². The first-order valence-electron chi connectivity index (χ1n) is 17.1. The number of benzene rings is 3. The van der Waals surface area contributed by atoms with Crippen molar-refractivity contribution in [1.29, 1.82) is 0 Å². The van der Waals surface area contributed by atoms with E-state index in [1.165, 1.54) is 16.4 Å². The van der Waals surface area contributed by atoms with E-state index < -0.39 is 34.4 Å². The number of carbonyl (C=O) groups excluding carboxylic acids is 1. The van der Waals surface area contributed by atoms with Crippen molar-refractivity contribution in [3.8, 4) is 11.4 Å². The molecule has 3 heterocycles. The van der Waals surface area contributed by atoms with Crippen molar-refractivity contribution < 1.29 is 41.8 Å². The third-order valence-corrected chi connectivity index (χ3v) is 10.7. The molecule has 5 atom stereocenters. The molecular formula is C37H44N4O9S. The average molecular weight is 721 g/mol.